The highest BCUT2D eigenvalue weighted by molar-refractivity contribution is 5.87. The Morgan fingerprint density at radius 3 is 2.61 bits per heavy atom. The maximum Gasteiger partial charge on any atom is 0.376 e. The van der Waals surface area contributed by atoms with Crippen LogP contribution in [0.2, 0.25) is 0 Å². The molecular formula is C24H23N5O2. The van der Waals surface area contributed by atoms with Gasteiger partial charge in [0, 0.05) is 24.5 Å². The quantitative estimate of drug-likeness (QED) is 0.446. The zero-order chi connectivity index (χ0) is 22.0. The lowest BCUT2D eigenvalue weighted by Gasteiger charge is -2.10. The number of ether oxygens (including phenoxy) is 1. The van der Waals surface area contributed by atoms with Gasteiger partial charge in [0.15, 0.2) is 0 Å². The maximum atomic E-state index is 12.0. The van der Waals surface area contributed by atoms with Crippen LogP contribution in [0.4, 0.5) is 0 Å². The second-order valence-electron chi connectivity index (χ2n) is 7.39. The Kier molecular flexibility index (Phi) is 5.60. The zero-order valence-corrected chi connectivity index (χ0v) is 17.7. The van der Waals surface area contributed by atoms with Crippen LogP contribution in [0, 0.1) is 0 Å². The number of carbonyl (C=O) groups is 1. The lowest BCUT2D eigenvalue weighted by atomic mass is 10.1. The van der Waals surface area contributed by atoms with Crippen molar-refractivity contribution in [1.29, 1.82) is 0 Å². The molecule has 0 fully saturated rings. The molecule has 0 saturated heterocycles. The van der Waals surface area contributed by atoms with E-state index >= 15 is 0 Å². The Labute approximate surface area is 180 Å². The number of methoxy groups -OCH3 is 1. The molecule has 0 spiro atoms. The number of imidazole rings is 1. The largest absolute Gasteiger partial charge is 0.463 e. The van der Waals surface area contributed by atoms with Crippen LogP contribution in [-0.2, 0) is 11.3 Å². The Hall–Kier alpha value is -3.84. The Balaban J connectivity index is 1.94. The molecule has 0 saturated carbocycles. The Morgan fingerprint density at radius 1 is 1.16 bits per heavy atom. The SMILES string of the molecule is C=Cc1ccc(-c2nc3cc(CN(C)C)ccn3c2-c2ccnc(C(=O)OC)n2)cc1. The van der Waals surface area contributed by atoms with E-state index < -0.39 is 5.97 Å². The fourth-order valence-corrected chi connectivity index (χ4v) is 3.45. The van der Waals surface area contributed by atoms with Crippen LogP contribution in [0.15, 0.2) is 61.4 Å². The Bertz CT molecular complexity index is 1260. The van der Waals surface area contributed by atoms with Gasteiger partial charge in [0.1, 0.15) is 5.65 Å². The molecule has 31 heavy (non-hydrogen) atoms. The lowest BCUT2D eigenvalue weighted by molar-refractivity contribution is 0.0587. The zero-order valence-electron chi connectivity index (χ0n) is 17.7. The third-order valence-corrected chi connectivity index (χ3v) is 4.88. The van der Waals surface area contributed by atoms with E-state index in [1.165, 1.54) is 7.11 Å². The Morgan fingerprint density at radius 2 is 1.94 bits per heavy atom. The summed E-state index contributed by atoms with van der Waals surface area (Å²) in [7, 11) is 5.37. The van der Waals surface area contributed by atoms with Crippen LogP contribution in [0.25, 0.3) is 34.4 Å². The average Bonchev–Trinajstić information content (AvgIpc) is 3.17. The van der Waals surface area contributed by atoms with E-state index in [4.69, 9.17) is 9.72 Å². The number of fused-ring (bicyclic) bond motifs is 1. The number of carbonyl (C=O) groups excluding carboxylic acids is 1. The summed E-state index contributed by atoms with van der Waals surface area (Å²) in [5.74, 6) is -0.576. The van der Waals surface area contributed by atoms with Crippen molar-refractivity contribution < 1.29 is 9.53 Å². The first-order chi connectivity index (χ1) is 15.0. The van der Waals surface area contributed by atoms with Gasteiger partial charge < -0.3 is 9.64 Å². The highest BCUT2D eigenvalue weighted by atomic mass is 16.5. The third-order valence-electron chi connectivity index (χ3n) is 4.88. The van der Waals surface area contributed by atoms with E-state index in [1.807, 2.05) is 49.0 Å². The van der Waals surface area contributed by atoms with Crippen LogP contribution < -0.4 is 0 Å². The molecule has 0 atom stereocenters. The van der Waals surface area contributed by atoms with Gasteiger partial charge in [0.2, 0.25) is 5.82 Å². The predicted octanol–water partition coefficient (Wildman–Crippen LogP) is 3.95. The van der Waals surface area contributed by atoms with Crippen molar-refractivity contribution in [3.63, 3.8) is 0 Å². The number of hydrogen-bond acceptors (Lipinski definition) is 6. The van der Waals surface area contributed by atoms with E-state index in [0.717, 1.165) is 40.3 Å². The molecule has 4 aromatic rings. The molecule has 156 valence electrons. The molecule has 7 heteroatoms. The standard InChI is InChI=1S/C24H23N5O2/c1-5-16-6-8-18(9-7-16)21-22(19-10-12-25-23(26-19)24(30)31-4)29-13-11-17(15-28(2)3)14-20(29)27-21/h5-14H,1,15H2,2-4H3. The van der Waals surface area contributed by atoms with Gasteiger partial charge in [-0.05, 0) is 43.4 Å². The van der Waals surface area contributed by atoms with E-state index in [2.05, 4.69) is 33.6 Å². The molecule has 0 unspecified atom stereocenters. The van der Waals surface area contributed by atoms with Crippen molar-refractivity contribution in [2.24, 2.45) is 0 Å². The molecule has 0 aliphatic heterocycles. The fraction of sp³-hybridized carbons (Fsp3) is 0.167. The number of nitrogens with zero attached hydrogens (tertiary/aromatic N) is 5. The van der Waals surface area contributed by atoms with Gasteiger partial charge in [-0.25, -0.2) is 19.7 Å². The minimum Gasteiger partial charge on any atom is -0.463 e. The van der Waals surface area contributed by atoms with Crippen molar-refractivity contribution in [2.75, 3.05) is 21.2 Å². The maximum absolute atomic E-state index is 12.0. The summed E-state index contributed by atoms with van der Waals surface area (Å²) in [4.78, 5) is 27.5. The van der Waals surface area contributed by atoms with Gasteiger partial charge in [-0.2, -0.15) is 0 Å². The molecule has 0 N–H and O–H groups in total. The monoisotopic (exact) mass is 413 g/mol. The van der Waals surface area contributed by atoms with Crippen molar-refractivity contribution in [1.82, 2.24) is 24.3 Å². The minimum atomic E-state index is -0.583. The van der Waals surface area contributed by atoms with Gasteiger partial charge in [-0.1, -0.05) is 36.9 Å². The molecule has 0 amide bonds. The molecule has 0 aliphatic carbocycles. The topological polar surface area (TPSA) is 72.6 Å². The van der Waals surface area contributed by atoms with Crippen molar-refractivity contribution in [3.8, 4) is 22.6 Å². The summed E-state index contributed by atoms with van der Waals surface area (Å²) in [6.45, 7) is 4.62. The van der Waals surface area contributed by atoms with Crippen molar-refractivity contribution in [3.05, 3.63) is 78.4 Å². The first-order valence-corrected chi connectivity index (χ1v) is 9.80. The second-order valence-corrected chi connectivity index (χ2v) is 7.39. The molecule has 4 rings (SSSR count). The normalized spacial score (nSPS) is 11.1. The minimum absolute atomic E-state index is 0.00660. The lowest BCUT2D eigenvalue weighted by Crippen LogP contribution is -2.10. The van der Waals surface area contributed by atoms with Gasteiger partial charge >= 0.3 is 5.97 Å². The molecule has 0 radical (unpaired) electrons. The summed E-state index contributed by atoms with van der Waals surface area (Å²) in [5, 5.41) is 0. The third kappa shape index (κ3) is 4.08. The van der Waals surface area contributed by atoms with E-state index in [-0.39, 0.29) is 5.82 Å². The number of pyridine rings is 1. The first-order valence-electron chi connectivity index (χ1n) is 9.80. The van der Waals surface area contributed by atoms with Crippen LogP contribution in [0.3, 0.4) is 0 Å². The molecule has 3 aromatic heterocycles. The summed E-state index contributed by atoms with van der Waals surface area (Å²) < 4.78 is 6.77. The summed E-state index contributed by atoms with van der Waals surface area (Å²) >= 11 is 0. The second kappa shape index (κ2) is 8.49. The number of esters is 1. The number of rotatable bonds is 6. The van der Waals surface area contributed by atoms with Crippen LogP contribution >= 0.6 is 0 Å². The molecule has 1 aromatic carbocycles. The number of aromatic nitrogens is 4. The molecule has 0 bridgehead atoms. The summed E-state index contributed by atoms with van der Waals surface area (Å²) in [6, 6.07) is 13.9. The highest BCUT2D eigenvalue weighted by Gasteiger charge is 2.19. The molecule has 7 nitrogen and oxygen atoms in total. The number of hydrogen-bond donors (Lipinski definition) is 0. The van der Waals surface area contributed by atoms with Crippen LogP contribution in [0.5, 0.6) is 0 Å². The fourth-order valence-electron chi connectivity index (χ4n) is 3.45. The smallest absolute Gasteiger partial charge is 0.376 e. The predicted molar refractivity (Wildman–Crippen MR) is 120 cm³/mol. The van der Waals surface area contributed by atoms with E-state index in [9.17, 15) is 4.79 Å². The summed E-state index contributed by atoms with van der Waals surface area (Å²) in [6.07, 6.45) is 5.34. The van der Waals surface area contributed by atoms with Gasteiger partial charge in [0.25, 0.3) is 0 Å². The molecular weight excluding hydrogens is 390 g/mol. The van der Waals surface area contributed by atoms with Crippen LogP contribution in [0.1, 0.15) is 21.7 Å². The van der Waals surface area contributed by atoms with Gasteiger partial charge in [-0.3, -0.25) is 4.40 Å². The molecule has 0 aliphatic rings. The van der Waals surface area contributed by atoms with Gasteiger partial charge in [-0.15, -0.1) is 0 Å². The van der Waals surface area contributed by atoms with Crippen molar-refractivity contribution >= 4 is 17.7 Å². The first kappa shape index (κ1) is 20.4. The highest BCUT2D eigenvalue weighted by Crippen LogP contribution is 2.32. The molecule has 3 heterocycles. The summed E-state index contributed by atoms with van der Waals surface area (Å²) in [5.41, 5.74) is 6.06. The van der Waals surface area contributed by atoms with Crippen molar-refractivity contribution in [2.45, 2.75) is 6.54 Å². The van der Waals surface area contributed by atoms with E-state index in [0.29, 0.717) is 5.69 Å². The van der Waals surface area contributed by atoms with Gasteiger partial charge in [0.05, 0.1) is 24.2 Å². The van der Waals surface area contributed by atoms with Crippen LogP contribution in [-0.4, -0.2) is 51.4 Å². The number of benzene rings is 1. The average molecular weight is 413 g/mol. The van der Waals surface area contributed by atoms with E-state index in [1.54, 1.807) is 18.3 Å².